The predicted molar refractivity (Wildman–Crippen MR) is 44.7 cm³/mol. The van der Waals surface area contributed by atoms with Gasteiger partial charge in [-0.2, -0.15) is 4.40 Å². The molecule has 2 aromatic heterocycles. The molecule has 2 rings (SSSR count). The minimum atomic E-state index is 1.07. The van der Waals surface area contributed by atoms with Crippen LogP contribution in [-0.2, 0) is 0 Å². The molecule has 2 heterocycles. The summed E-state index contributed by atoms with van der Waals surface area (Å²) in [5, 5.41) is 2.05. The second-order valence-electron chi connectivity index (χ2n) is 2.59. The van der Waals surface area contributed by atoms with E-state index in [-0.39, 0.29) is 0 Å². The van der Waals surface area contributed by atoms with Crippen molar-refractivity contribution in [2.75, 3.05) is 0 Å². The second-order valence-corrected chi connectivity index (χ2v) is 3.47. The van der Waals surface area contributed by atoms with E-state index in [0.29, 0.717) is 0 Å². The Bertz CT molecular complexity index is 392. The highest BCUT2D eigenvalue weighted by Crippen LogP contribution is 2.04. The Morgan fingerprint density at radius 1 is 1.45 bits per heavy atom. The van der Waals surface area contributed by atoms with E-state index in [1.807, 2.05) is 13.1 Å². The van der Waals surface area contributed by atoms with Crippen molar-refractivity contribution in [2.24, 2.45) is 0 Å². The zero-order chi connectivity index (χ0) is 7.84. The summed E-state index contributed by atoms with van der Waals surface area (Å²) < 4.78 is 2.09. The summed E-state index contributed by atoms with van der Waals surface area (Å²) in [5.74, 6) is 0. The predicted octanol–water partition coefficient (Wildman–Crippen LogP) is 1.50. The maximum atomic E-state index is 4.38. The molecule has 56 valence electrons. The molecular weight excluding hydrogens is 156 g/mol. The molecule has 3 heteroatoms. The van der Waals surface area contributed by atoms with Crippen LogP contribution < -0.4 is 4.40 Å². The molecule has 11 heavy (non-hydrogen) atoms. The Hall–Kier alpha value is -0.960. The molecule has 0 atom stereocenters. The van der Waals surface area contributed by atoms with Gasteiger partial charge >= 0.3 is 4.96 Å². The van der Waals surface area contributed by atoms with Crippen molar-refractivity contribution in [3.8, 4) is 0 Å². The number of aromatic nitrogens is 2. The molecule has 0 spiro atoms. The van der Waals surface area contributed by atoms with Crippen LogP contribution in [-0.4, -0.2) is 4.98 Å². The largest absolute Gasteiger partial charge is 0.387 e. The Labute approximate surface area is 69.1 Å². The van der Waals surface area contributed by atoms with E-state index in [2.05, 4.69) is 27.8 Å². The van der Waals surface area contributed by atoms with Gasteiger partial charge in [0.1, 0.15) is 11.9 Å². The molecule has 0 aliphatic heterocycles. The third kappa shape index (κ3) is 1.01. The summed E-state index contributed by atoms with van der Waals surface area (Å²) in [6.07, 6.45) is 2.04. The summed E-state index contributed by atoms with van der Waals surface area (Å²) in [4.78, 5) is 5.45. The highest BCUT2D eigenvalue weighted by Gasteiger charge is 2.08. The third-order valence-electron chi connectivity index (χ3n) is 1.66. The van der Waals surface area contributed by atoms with Crippen LogP contribution in [0.3, 0.4) is 0 Å². The first-order valence-corrected chi connectivity index (χ1v) is 4.38. The molecule has 0 aromatic carbocycles. The minimum Gasteiger partial charge on any atom is -0.190 e. The third-order valence-corrected chi connectivity index (χ3v) is 2.42. The molecule has 2 nitrogen and oxygen atoms in total. The van der Waals surface area contributed by atoms with Crippen molar-refractivity contribution in [2.45, 2.75) is 13.8 Å². The van der Waals surface area contributed by atoms with E-state index < -0.39 is 0 Å². The van der Waals surface area contributed by atoms with Crippen LogP contribution in [0.15, 0.2) is 17.6 Å². The number of rotatable bonds is 0. The average Bonchev–Trinajstić information content (AvgIpc) is 2.34. The Kier molecular flexibility index (Phi) is 1.39. The molecule has 0 aliphatic rings. The maximum Gasteiger partial charge on any atom is 0.387 e. The van der Waals surface area contributed by atoms with Crippen LogP contribution in [0, 0.1) is 13.8 Å². The topological polar surface area (TPSA) is 17.0 Å². The van der Waals surface area contributed by atoms with Crippen LogP contribution in [0.5, 0.6) is 0 Å². The molecule has 0 amide bonds. The Balaban J connectivity index is 2.91. The van der Waals surface area contributed by atoms with Crippen molar-refractivity contribution in [1.29, 1.82) is 0 Å². The summed E-state index contributed by atoms with van der Waals surface area (Å²) in [6.45, 7) is 4.11. The number of hydrogen-bond acceptors (Lipinski definition) is 2. The van der Waals surface area contributed by atoms with Gasteiger partial charge in [0.25, 0.3) is 0 Å². The van der Waals surface area contributed by atoms with Gasteiger partial charge in [0.2, 0.25) is 0 Å². The Morgan fingerprint density at radius 2 is 2.27 bits per heavy atom. The number of fused-ring (bicyclic) bond motifs is 1. The summed E-state index contributed by atoms with van der Waals surface area (Å²) in [5.41, 5.74) is 2.33. The highest BCUT2D eigenvalue weighted by atomic mass is 32.1. The van der Waals surface area contributed by atoms with Crippen LogP contribution in [0.4, 0.5) is 0 Å². The lowest BCUT2D eigenvalue weighted by Crippen LogP contribution is -2.23. The van der Waals surface area contributed by atoms with E-state index >= 15 is 0 Å². The number of hydrogen-bond donors (Lipinski definition) is 0. The lowest BCUT2D eigenvalue weighted by molar-refractivity contribution is -0.517. The lowest BCUT2D eigenvalue weighted by atomic mass is 10.3. The molecule has 0 radical (unpaired) electrons. The van der Waals surface area contributed by atoms with Crippen molar-refractivity contribution >= 4 is 16.3 Å². The standard InChI is InChI=1S/C8H9N2S/c1-6-5-7(2)10-3-4-11-8(10)9-6/h3-5H,1-2H3/q+1. The van der Waals surface area contributed by atoms with E-state index in [4.69, 9.17) is 0 Å². The summed E-state index contributed by atoms with van der Waals surface area (Å²) in [7, 11) is 0. The fraction of sp³-hybridized carbons (Fsp3) is 0.250. The maximum absolute atomic E-state index is 4.38. The molecule has 2 aromatic rings. The molecule has 0 aliphatic carbocycles. The number of nitrogens with zero attached hydrogens (tertiary/aromatic N) is 2. The van der Waals surface area contributed by atoms with Crippen molar-refractivity contribution in [3.05, 3.63) is 29.0 Å². The van der Waals surface area contributed by atoms with Gasteiger partial charge in [-0.1, -0.05) is 11.3 Å². The van der Waals surface area contributed by atoms with Gasteiger partial charge in [-0.05, 0) is 11.9 Å². The van der Waals surface area contributed by atoms with Crippen LogP contribution >= 0.6 is 11.3 Å². The van der Waals surface area contributed by atoms with E-state index in [1.54, 1.807) is 11.3 Å². The molecule has 0 saturated carbocycles. The highest BCUT2D eigenvalue weighted by molar-refractivity contribution is 7.14. The lowest BCUT2D eigenvalue weighted by Gasteiger charge is -1.88. The SMILES string of the molecule is Cc1cc(C)[n+]2ccsc2n1. The molecule has 0 unspecified atom stereocenters. The van der Waals surface area contributed by atoms with Gasteiger partial charge in [0, 0.05) is 18.4 Å². The second kappa shape index (κ2) is 2.27. The Morgan fingerprint density at radius 3 is 3.09 bits per heavy atom. The number of thiazole rings is 1. The normalized spacial score (nSPS) is 10.7. The number of aryl methyl sites for hydroxylation is 2. The fourth-order valence-electron chi connectivity index (χ4n) is 1.18. The molecule has 0 bridgehead atoms. The van der Waals surface area contributed by atoms with Gasteiger partial charge in [0.05, 0.1) is 0 Å². The first-order chi connectivity index (χ1) is 5.27. The average molecular weight is 165 g/mol. The monoisotopic (exact) mass is 165 g/mol. The molecule has 0 fully saturated rings. The van der Waals surface area contributed by atoms with Gasteiger partial charge in [-0.15, -0.1) is 0 Å². The van der Waals surface area contributed by atoms with E-state index in [0.717, 1.165) is 10.7 Å². The van der Waals surface area contributed by atoms with E-state index in [9.17, 15) is 0 Å². The first-order valence-electron chi connectivity index (χ1n) is 3.50. The zero-order valence-corrected chi connectivity index (χ0v) is 7.35. The zero-order valence-electron chi connectivity index (χ0n) is 6.53. The van der Waals surface area contributed by atoms with Crippen molar-refractivity contribution in [1.82, 2.24) is 4.98 Å². The minimum absolute atomic E-state index is 1.07. The molecule has 0 saturated heterocycles. The van der Waals surface area contributed by atoms with E-state index in [1.165, 1.54) is 5.69 Å². The molecular formula is C8H9N2S+. The first kappa shape index (κ1) is 6.73. The van der Waals surface area contributed by atoms with Gasteiger partial charge < -0.3 is 0 Å². The van der Waals surface area contributed by atoms with Crippen LogP contribution in [0.25, 0.3) is 4.96 Å². The van der Waals surface area contributed by atoms with Crippen LogP contribution in [0.2, 0.25) is 0 Å². The summed E-state index contributed by atoms with van der Waals surface area (Å²) >= 11 is 1.67. The summed E-state index contributed by atoms with van der Waals surface area (Å²) in [6, 6.07) is 2.08. The van der Waals surface area contributed by atoms with Crippen molar-refractivity contribution in [3.63, 3.8) is 0 Å². The van der Waals surface area contributed by atoms with Crippen molar-refractivity contribution < 1.29 is 4.40 Å². The van der Waals surface area contributed by atoms with Gasteiger partial charge in [0.15, 0.2) is 5.69 Å². The van der Waals surface area contributed by atoms with Crippen LogP contribution in [0.1, 0.15) is 11.4 Å². The fourth-order valence-corrected chi connectivity index (χ4v) is 2.00. The smallest absolute Gasteiger partial charge is 0.190 e. The van der Waals surface area contributed by atoms with Gasteiger partial charge in [-0.25, -0.2) is 0 Å². The molecule has 0 N–H and O–H groups in total. The quantitative estimate of drug-likeness (QED) is 0.541. The van der Waals surface area contributed by atoms with Gasteiger partial charge in [-0.3, -0.25) is 0 Å².